The normalized spacial score (nSPS) is 25.6. The molecule has 0 amide bonds. The van der Waals surface area contributed by atoms with Crippen LogP contribution in [0.15, 0.2) is 0 Å². The van der Waals surface area contributed by atoms with E-state index in [1.807, 2.05) is 0 Å². The van der Waals surface area contributed by atoms with Crippen LogP contribution in [0.3, 0.4) is 0 Å². The number of sulfonamides is 1. The summed E-state index contributed by atoms with van der Waals surface area (Å²) in [5, 5.41) is 0.106. The minimum atomic E-state index is -4.30. The third-order valence-corrected chi connectivity index (χ3v) is 4.43. The lowest BCUT2D eigenvalue weighted by Crippen LogP contribution is -2.37. The molecule has 1 fully saturated rings. The highest BCUT2D eigenvalue weighted by atomic mass is 35.5. The van der Waals surface area contributed by atoms with Gasteiger partial charge >= 0.3 is 6.18 Å². The number of hydrogen-bond donors (Lipinski definition) is 1. The van der Waals surface area contributed by atoms with Gasteiger partial charge in [-0.3, -0.25) is 0 Å². The summed E-state index contributed by atoms with van der Waals surface area (Å²) in [6, 6.07) is 0. The van der Waals surface area contributed by atoms with Crippen LogP contribution >= 0.6 is 11.6 Å². The van der Waals surface area contributed by atoms with Gasteiger partial charge < -0.3 is 0 Å². The Hall–Kier alpha value is -0.0100. The molecule has 102 valence electrons. The Labute approximate surface area is 104 Å². The number of halogens is 4. The van der Waals surface area contributed by atoms with E-state index in [-0.39, 0.29) is 17.8 Å². The van der Waals surface area contributed by atoms with Crippen LogP contribution in [0.5, 0.6) is 0 Å². The van der Waals surface area contributed by atoms with Crippen LogP contribution in [0.4, 0.5) is 13.2 Å². The molecule has 3 nitrogen and oxygen atoms in total. The summed E-state index contributed by atoms with van der Waals surface area (Å²) in [5.41, 5.74) is 0. The van der Waals surface area contributed by atoms with Gasteiger partial charge in [-0.05, 0) is 25.2 Å². The van der Waals surface area contributed by atoms with Crippen molar-refractivity contribution in [2.75, 3.05) is 12.3 Å². The van der Waals surface area contributed by atoms with Crippen molar-refractivity contribution in [2.24, 2.45) is 5.92 Å². The number of hydrogen-bond acceptors (Lipinski definition) is 2. The Balaban J connectivity index is 2.17. The Morgan fingerprint density at radius 2 is 1.88 bits per heavy atom. The maximum Gasteiger partial charge on any atom is 0.389 e. The molecular formula is C9H15ClF3NO2S. The summed E-state index contributed by atoms with van der Waals surface area (Å²) in [5.74, 6) is -0.265. The fraction of sp³-hybridized carbons (Fsp3) is 1.00. The van der Waals surface area contributed by atoms with Crippen molar-refractivity contribution in [3.05, 3.63) is 0 Å². The van der Waals surface area contributed by atoms with Gasteiger partial charge in [0.1, 0.15) is 0 Å². The van der Waals surface area contributed by atoms with Crippen molar-refractivity contribution in [3.8, 4) is 0 Å². The van der Waals surface area contributed by atoms with E-state index in [9.17, 15) is 21.6 Å². The molecule has 8 heteroatoms. The SMILES string of the molecule is O=S(=O)(CCCC(F)(F)F)NCC1CC(Cl)C1. The van der Waals surface area contributed by atoms with E-state index >= 15 is 0 Å². The molecule has 0 atom stereocenters. The summed E-state index contributed by atoms with van der Waals surface area (Å²) in [7, 11) is -3.59. The monoisotopic (exact) mass is 293 g/mol. The summed E-state index contributed by atoms with van der Waals surface area (Å²) >= 11 is 5.73. The van der Waals surface area contributed by atoms with Gasteiger partial charge in [0.25, 0.3) is 0 Å². The molecular weight excluding hydrogens is 279 g/mol. The first-order valence-electron chi connectivity index (χ1n) is 5.36. The summed E-state index contributed by atoms with van der Waals surface area (Å²) in [4.78, 5) is 0. The lowest BCUT2D eigenvalue weighted by molar-refractivity contribution is -0.134. The van der Waals surface area contributed by atoms with Crippen molar-refractivity contribution in [3.63, 3.8) is 0 Å². The zero-order valence-electron chi connectivity index (χ0n) is 9.13. The molecule has 17 heavy (non-hydrogen) atoms. The summed E-state index contributed by atoms with van der Waals surface area (Å²) < 4.78 is 60.4. The molecule has 0 heterocycles. The van der Waals surface area contributed by atoms with Crippen LogP contribution in [0.25, 0.3) is 0 Å². The van der Waals surface area contributed by atoms with Crippen LogP contribution in [0, 0.1) is 5.92 Å². The smallest absolute Gasteiger partial charge is 0.215 e. The Morgan fingerprint density at radius 3 is 2.35 bits per heavy atom. The molecule has 0 bridgehead atoms. The van der Waals surface area contributed by atoms with E-state index in [0.717, 1.165) is 12.8 Å². The molecule has 1 saturated carbocycles. The second-order valence-electron chi connectivity index (χ2n) is 4.32. The van der Waals surface area contributed by atoms with E-state index in [1.165, 1.54) is 0 Å². The lowest BCUT2D eigenvalue weighted by Gasteiger charge is -2.30. The molecule has 0 aromatic rings. The van der Waals surface area contributed by atoms with E-state index in [0.29, 0.717) is 0 Å². The molecule has 0 saturated heterocycles. The van der Waals surface area contributed by atoms with Gasteiger partial charge in [0.15, 0.2) is 0 Å². The van der Waals surface area contributed by atoms with Gasteiger partial charge in [0.05, 0.1) is 5.75 Å². The second kappa shape index (κ2) is 5.75. The fourth-order valence-electron chi connectivity index (χ4n) is 1.60. The van der Waals surface area contributed by atoms with E-state index in [4.69, 9.17) is 11.6 Å². The molecule has 0 spiro atoms. The molecule has 1 N–H and O–H groups in total. The van der Waals surface area contributed by atoms with Crippen molar-refractivity contribution in [2.45, 2.75) is 37.2 Å². The first kappa shape index (κ1) is 15.0. The molecule has 0 unspecified atom stereocenters. The van der Waals surface area contributed by atoms with Gasteiger partial charge in [-0.25, -0.2) is 13.1 Å². The maximum atomic E-state index is 11.8. The van der Waals surface area contributed by atoms with E-state index in [1.54, 1.807) is 0 Å². The third kappa shape index (κ3) is 6.47. The van der Waals surface area contributed by atoms with Crippen molar-refractivity contribution in [1.29, 1.82) is 0 Å². The summed E-state index contributed by atoms with van der Waals surface area (Å²) in [6.45, 7) is 0.275. The Bertz CT molecular complexity index is 339. The zero-order valence-corrected chi connectivity index (χ0v) is 10.7. The largest absolute Gasteiger partial charge is 0.389 e. The van der Waals surface area contributed by atoms with Crippen molar-refractivity contribution >= 4 is 21.6 Å². The predicted molar refractivity (Wildman–Crippen MR) is 59.4 cm³/mol. The first-order chi connectivity index (χ1) is 7.68. The molecule has 0 aromatic carbocycles. The molecule has 0 radical (unpaired) electrons. The average molecular weight is 294 g/mol. The number of rotatable bonds is 6. The molecule has 0 aromatic heterocycles. The number of nitrogens with one attached hydrogen (secondary N) is 1. The first-order valence-corrected chi connectivity index (χ1v) is 7.45. The van der Waals surface area contributed by atoms with Gasteiger partial charge in [-0.15, -0.1) is 11.6 Å². The highest BCUT2D eigenvalue weighted by Crippen LogP contribution is 2.31. The average Bonchev–Trinajstić information content (AvgIpc) is 2.08. The Morgan fingerprint density at radius 1 is 1.29 bits per heavy atom. The van der Waals surface area contributed by atoms with Crippen molar-refractivity contribution < 1.29 is 21.6 Å². The van der Waals surface area contributed by atoms with E-state index < -0.39 is 34.8 Å². The molecule has 1 rings (SSSR count). The van der Waals surface area contributed by atoms with Gasteiger partial charge in [0.2, 0.25) is 10.0 Å². The second-order valence-corrected chi connectivity index (χ2v) is 6.86. The number of alkyl halides is 4. The van der Waals surface area contributed by atoms with Crippen LogP contribution in [0.2, 0.25) is 0 Å². The minimum absolute atomic E-state index is 0.106. The predicted octanol–water partition coefficient (Wildman–Crippen LogP) is 2.27. The van der Waals surface area contributed by atoms with Crippen LogP contribution in [0.1, 0.15) is 25.7 Å². The fourth-order valence-corrected chi connectivity index (χ4v) is 3.26. The van der Waals surface area contributed by atoms with Crippen LogP contribution in [-0.4, -0.2) is 32.3 Å². The van der Waals surface area contributed by atoms with Gasteiger partial charge in [0, 0.05) is 18.3 Å². The molecule has 0 aliphatic heterocycles. The van der Waals surface area contributed by atoms with Gasteiger partial charge in [-0.1, -0.05) is 0 Å². The highest BCUT2D eigenvalue weighted by Gasteiger charge is 2.29. The third-order valence-electron chi connectivity index (χ3n) is 2.64. The van der Waals surface area contributed by atoms with E-state index in [2.05, 4.69) is 4.72 Å². The zero-order chi connectivity index (χ0) is 13.1. The van der Waals surface area contributed by atoms with Crippen molar-refractivity contribution in [1.82, 2.24) is 4.72 Å². The molecule has 1 aliphatic rings. The highest BCUT2D eigenvalue weighted by molar-refractivity contribution is 7.89. The topological polar surface area (TPSA) is 46.2 Å². The van der Waals surface area contributed by atoms with Gasteiger partial charge in [-0.2, -0.15) is 13.2 Å². The van der Waals surface area contributed by atoms with Crippen LogP contribution < -0.4 is 4.72 Å². The van der Waals surface area contributed by atoms with Crippen LogP contribution in [-0.2, 0) is 10.0 Å². The molecule has 1 aliphatic carbocycles. The standard InChI is InChI=1S/C9H15ClF3NO2S/c10-8-4-7(5-8)6-14-17(15,16)3-1-2-9(11,12)13/h7-8,14H,1-6H2. The summed E-state index contributed by atoms with van der Waals surface area (Å²) in [6.07, 6.45) is -4.25. The quantitative estimate of drug-likeness (QED) is 0.764. The maximum absolute atomic E-state index is 11.8. The lowest BCUT2D eigenvalue weighted by atomic mass is 9.85. The minimum Gasteiger partial charge on any atom is -0.215 e. The Kier molecular flexibility index (Phi) is 5.09.